The molecule has 0 aliphatic heterocycles. The van der Waals surface area contributed by atoms with Gasteiger partial charge in [0, 0.05) is 35.6 Å². The van der Waals surface area contributed by atoms with E-state index in [9.17, 15) is 10.2 Å². The molecule has 9 heavy (non-hydrogen) atoms. The summed E-state index contributed by atoms with van der Waals surface area (Å²) in [7, 11) is 0. The normalized spacial score (nSPS) is 8.00. The van der Waals surface area contributed by atoms with Crippen molar-refractivity contribution in [2.24, 2.45) is 0 Å². The van der Waals surface area contributed by atoms with E-state index in [1.54, 1.807) is 27.7 Å². The molecule has 0 heterocycles. The second-order valence-electron chi connectivity index (χ2n) is 2.10. The van der Waals surface area contributed by atoms with Crippen molar-refractivity contribution in [3.63, 3.8) is 0 Å². The molecule has 0 saturated carbocycles. The first-order valence-electron chi connectivity index (χ1n) is 2.78. The topological polar surface area (TPSA) is 46.1 Å². The summed E-state index contributed by atoms with van der Waals surface area (Å²) in [6.07, 6.45) is -0.833. The monoisotopic (exact) mass is 257 g/mol. The fourth-order valence-electron chi connectivity index (χ4n) is 0. The zero-order chi connectivity index (χ0) is 7.15. The molecule has 0 aromatic rings. The van der Waals surface area contributed by atoms with Crippen LogP contribution in [0.2, 0.25) is 0 Å². The Hall–Kier alpha value is 1.11. The van der Waals surface area contributed by atoms with Crippen LogP contribution in [0.15, 0.2) is 0 Å². The minimum Gasteiger partial charge on any atom is -0.852 e. The molecule has 1 radical (unpaired) electrons. The molecule has 0 aromatic heterocycles. The van der Waals surface area contributed by atoms with E-state index in [4.69, 9.17) is 0 Å². The third-order valence-corrected chi connectivity index (χ3v) is 0. The van der Waals surface area contributed by atoms with Crippen LogP contribution in [0.25, 0.3) is 0 Å². The molecular formula is C6H14LaO2-2. The molecule has 0 amide bonds. The molecule has 0 bridgehead atoms. The van der Waals surface area contributed by atoms with E-state index in [1.807, 2.05) is 0 Å². The predicted molar refractivity (Wildman–Crippen MR) is 30.3 cm³/mol. The molecule has 0 aliphatic carbocycles. The molecule has 3 heteroatoms. The minimum atomic E-state index is -0.417. The molecular weight excluding hydrogens is 243 g/mol. The molecule has 0 aromatic carbocycles. The average Bonchev–Trinajstić information content (AvgIpc) is 1.25. The Labute approximate surface area is 85.3 Å². The Morgan fingerprint density at radius 3 is 0.778 bits per heavy atom. The van der Waals surface area contributed by atoms with Crippen LogP contribution in [0.4, 0.5) is 0 Å². The van der Waals surface area contributed by atoms with E-state index in [0.29, 0.717) is 0 Å². The summed E-state index contributed by atoms with van der Waals surface area (Å²) in [6.45, 7) is 6.44. The van der Waals surface area contributed by atoms with Crippen molar-refractivity contribution >= 4 is 0 Å². The SMILES string of the molecule is CC(C)[O-].CC(C)[O-].[La]. The molecule has 0 N–H and O–H groups in total. The van der Waals surface area contributed by atoms with Crippen LogP contribution in [0, 0.1) is 35.6 Å². The van der Waals surface area contributed by atoms with Gasteiger partial charge in [-0.15, -0.1) is 12.2 Å². The first-order chi connectivity index (χ1) is 3.46. The maximum Gasteiger partial charge on any atom is 0 e. The fourth-order valence-corrected chi connectivity index (χ4v) is 0. The number of hydrogen-bond acceptors (Lipinski definition) is 2. The molecule has 55 valence electrons. The van der Waals surface area contributed by atoms with Gasteiger partial charge in [0.05, 0.1) is 0 Å². The third kappa shape index (κ3) is 371. The zero-order valence-electron chi connectivity index (χ0n) is 6.55. The molecule has 2 nitrogen and oxygen atoms in total. The largest absolute Gasteiger partial charge is 0.852 e. The first kappa shape index (κ1) is 16.6. The van der Waals surface area contributed by atoms with Crippen LogP contribution in [-0.2, 0) is 0 Å². The van der Waals surface area contributed by atoms with Crippen molar-refractivity contribution < 1.29 is 45.8 Å². The first-order valence-corrected chi connectivity index (χ1v) is 2.78. The zero-order valence-corrected chi connectivity index (χ0v) is 10.2. The van der Waals surface area contributed by atoms with Gasteiger partial charge in [0.15, 0.2) is 0 Å². The van der Waals surface area contributed by atoms with Gasteiger partial charge in [-0.3, -0.25) is 0 Å². The van der Waals surface area contributed by atoms with Crippen LogP contribution >= 0.6 is 0 Å². The Morgan fingerprint density at radius 2 is 0.778 bits per heavy atom. The molecule has 0 aliphatic rings. The van der Waals surface area contributed by atoms with Gasteiger partial charge in [0.2, 0.25) is 0 Å². The van der Waals surface area contributed by atoms with E-state index in [0.717, 1.165) is 0 Å². The summed E-state index contributed by atoms with van der Waals surface area (Å²) in [5.74, 6) is 0. The van der Waals surface area contributed by atoms with Crippen LogP contribution in [0.1, 0.15) is 27.7 Å². The van der Waals surface area contributed by atoms with E-state index >= 15 is 0 Å². The summed E-state index contributed by atoms with van der Waals surface area (Å²) < 4.78 is 0. The molecule has 0 saturated heterocycles. The molecule has 0 rings (SSSR count). The minimum absolute atomic E-state index is 0. The van der Waals surface area contributed by atoms with Gasteiger partial charge >= 0.3 is 0 Å². The second kappa shape index (κ2) is 11.9. The van der Waals surface area contributed by atoms with Crippen LogP contribution in [-0.4, -0.2) is 12.2 Å². The van der Waals surface area contributed by atoms with Gasteiger partial charge in [-0.05, 0) is 0 Å². The van der Waals surface area contributed by atoms with Crippen molar-refractivity contribution in [1.29, 1.82) is 0 Å². The smallest absolute Gasteiger partial charge is 0 e. The molecule has 0 spiro atoms. The Kier molecular flexibility index (Phi) is 21.9. The molecule has 0 fully saturated rings. The van der Waals surface area contributed by atoms with Gasteiger partial charge < -0.3 is 10.2 Å². The van der Waals surface area contributed by atoms with Gasteiger partial charge in [-0.1, -0.05) is 27.7 Å². The Bertz CT molecular complexity index is 26.5. The maximum atomic E-state index is 9.53. The van der Waals surface area contributed by atoms with Crippen LogP contribution in [0.5, 0.6) is 0 Å². The van der Waals surface area contributed by atoms with Gasteiger partial charge in [0.1, 0.15) is 0 Å². The molecule has 0 unspecified atom stereocenters. The number of rotatable bonds is 0. The fraction of sp³-hybridized carbons (Fsp3) is 1.00. The Morgan fingerprint density at radius 1 is 0.778 bits per heavy atom. The summed E-state index contributed by atoms with van der Waals surface area (Å²) in [5, 5.41) is 19.1. The van der Waals surface area contributed by atoms with Crippen molar-refractivity contribution in [1.82, 2.24) is 0 Å². The van der Waals surface area contributed by atoms with Crippen molar-refractivity contribution in [3.8, 4) is 0 Å². The molecule has 0 atom stereocenters. The van der Waals surface area contributed by atoms with Crippen molar-refractivity contribution in [3.05, 3.63) is 0 Å². The van der Waals surface area contributed by atoms with Crippen LogP contribution in [0.3, 0.4) is 0 Å². The maximum absolute atomic E-state index is 9.53. The summed E-state index contributed by atoms with van der Waals surface area (Å²) >= 11 is 0. The second-order valence-corrected chi connectivity index (χ2v) is 2.10. The third-order valence-electron chi connectivity index (χ3n) is 0. The van der Waals surface area contributed by atoms with Gasteiger partial charge in [-0.2, -0.15) is 0 Å². The standard InChI is InChI=1S/2C3H7O.La/c2*1-3(2)4;/h2*3H,1-2H3;/q2*-1;. The van der Waals surface area contributed by atoms with Crippen molar-refractivity contribution in [2.45, 2.75) is 39.9 Å². The van der Waals surface area contributed by atoms with E-state index in [2.05, 4.69) is 0 Å². The van der Waals surface area contributed by atoms with E-state index in [1.165, 1.54) is 0 Å². The average molecular weight is 257 g/mol. The summed E-state index contributed by atoms with van der Waals surface area (Å²) in [6, 6.07) is 0. The van der Waals surface area contributed by atoms with Gasteiger partial charge in [0.25, 0.3) is 0 Å². The quantitative estimate of drug-likeness (QED) is 0.588. The van der Waals surface area contributed by atoms with E-state index in [-0.39, 0.29) is 35.6 Å². The van der Waals surface area contributed by atoms with Crippen LogP contribution < -0.4 is 10.2 Å². The Balaban J connectivity index is -0.0000000720. The summed E-state index contributed by atoms with van der Waals surface area (Å²) in [5.41, 5.74) is 0. The van der Waals surface area contributed by atoms with E-state index < -0.39 is 12.2 Å². The summed E-state index contributed by atoms with van der Waals surface area (Å²) in [4.78, 5) is 0. The van der Waals surface area contributed by atoms with Crippen molar-refractivity contribution in [2.75, 3.05) is 0 Å². The van der Waals surface area contributed by atoms with Gasteiger partial charge in [-0.25, -0.2) is 0 Å². The number of hydrogen-bond donors (Lipinski definition) is 0. The predicted octanol–water partition coefficient (Wildman–Crippen LogP) is -0.490.